The fraction of sp³-hybridized carbons (Fsp3) is 0.176. The van der Waals surface area contributed by atoms with Gasteiger partial charge in [-0.2, -0.15) is 0 Å². The van der Waals surface area contributed by atoms with Crippen LogP contribution in [0.25, 0.3) is 0 Å². The molecule has 0 aliphatic heterocycles. The van der Waals surface area contributed by atoms with Gasteiger partial charge in [-0.25, -0.2) is 0 Å². The van der Waals surface area contributed by atoms with Crippen molar-refractivity contribution >= 4 is 23.7 Å². The van der Waals surface area contributed by atoms with Gasteiger partial charge in [0.25, 0.3) is 5.91 Å². The summed E-state index contributed by atoms with van der Waals surface area (Å²) < 4.78 is 0. The fourth-order valence-corrected chi connectivity index (χ4v) is 2.11. The van der Waals surface area contributed by atoms with Crippen molar-refractivity contribution in [2.75, 3.05) is 14.2 Å². The van der Waals surface area contributed by atoms with Crippen LogP contribution < -0.4 is 0 Å². The maximum atomic E-state index is 12.4. The normalized spacial score (nSPS) is 10.7. The highest BCUT2D eigenvalue weighted by Gasteiger charge is 2.11. The van der Waals surface area contributed by atoms with Crippen molar-refractivity contribution in [3.8, 4) is 0 Å². The van der Waals surface area contributed by atoms with E-state index in [0.29, 0.717) is 17.1 Å². The number of amides is 1. The van der Waals surface area contributed by atoms with E-state index in [1.165, 1.54) is 7.11 Å². The monoisotopic (exact) mass is 316 g/mol. The third kappa shape index (κ3) is 4.33. The molecule has 5 heteroatoms. The molecule has 0 N–H and O–H groups in total. The third-order valence-corrected chi connectivity index (χ3v) is 3.40. The summed E-state index contributed by atoms with van der Waals surface area (Å²) in [6.45, 7) is 0.531. The molecule has 0 unspecified atom stereocenters. The predicted octanol–water partition coefficient (Wildman–Crippen LogP) is 3.59. The molecule has 2 aromatic rings. The number of hydrogen-bond donors (Lipinski definition) is 0. The number of rotatable bonds is 5. The van der Waals surface area contributed by atoms with Gasteiger partial charge in [-0.1, -0.05) is 41.0 Å². The Labute approximate surface area is 135 Å². The number of benzene rings is 2. The van der Waals surface area contributed by atoms with Crippen molar-refractivity contribution in [1.29, 1.82) is 0 Å². The Balaban J connectivity index is 2.03. The van der Waals surface area contributed by atoms with Crippen LogP contribution >= 0.6 is 11.6 Å². The predicted molar refractivity (Wildman–Crippen MR) is 88.3 cm³/mol. The number of oxime groups is 1. The van der Waals surface area contributed by atoms with Crippen molar-refractivity contribution in [2.45, 2.75) is 6.54 Å². The van der Waals surface area contributed by atoms with E-state index in [2.05, 4.69) is 9.99 Å². The maximum Gasteiger partial charge on any atom is 0.253 e. The first-order chi connectivity index (χ1) is 10.6. The van der Waals surface area contributed by atoms with E-state index in [4.69, 9.17) is 11.6 Å². The van der Waals surface area contributed by atoms with Gasteiger partial charge in [0.2, 0.25) is 0 Å². The van der Waals surface area contributed by atoms with E-state index in [0.717, 1.165) is 11.1 Å². The van der Waals surface area contributed by atoms with Gasteiger partial charge < -0.3 is 9.74 Å². The Kier molecular flexibility index (Phi) is 5.55. The lowest BCUT2D eigenvalue weighted by Gasteiger charge is -2.17. The molecule has 0 bridgehead atoms. The van der Waals surface area contributed by atoms with Crippen molar-refractivity contribution in [1.82, 2.24) is 4.90 Å². The number of halogens is 1. The molecule has 0 atom stereocenters. The highest BCUT2D eigenvalue weighted by Crippen LogP contribution is 2.13. The van der Waals surface area contributed by atoms with Gasteiger partial charge >= 0.3 is 0 Å². The molecular weight excluding hydrogens is 300 g/mol. The summed E-state index contributed by atoms with van der Waals surface area (Å²) in [6, 6.07) is 14.7. The minimum Gasteiger partial charge on any atom is -0.399 e. The average molecular weight is 317 g/mol. The molecule has 0 saturated heterocycles. The van der Waals surface area contributed by atoms with Gasteiger partial charge in [0, 0.05) is 24.2 Å². The van der Waals surface area contributed by atoms with Crippen molar-refractivity contribution in [3.63, 3.8) is 0 Å². The van der Waals surface area contributed by atoms with Crippen LogP contribution in [0.1, 0.15) is 21.5 Å². The molecule has 0 heterocycles. The minimum atomic E-state index is -0.0369. The summed E-state index contributed by atoms with van der Waals surface area (Å²) in [6.07, 6.45) is 1.59. The maximum absolute atomic E-state index is 12.4. The van der Waals surface area contributed by atoms with Crippen LogP contribution in [0.3, 0.4) is 0 Å². The number of carbonyl (C=O) groups excluding carboxylic acids is 1. The van der Waals surface area contributed by atoms with Gasteiger partial charge in [-0.05, 0) is 35.4 Å². The molecule has 0 fully saturated rings. The summed E-state index contributed by atoms with van der Waals surface area (Å²) in [5, 5.41) is 4.37. The summed E-state index contributed by atoms with van der Waals surface area (Å²) in [5.74, 6) is -0.0369. The van der Waals surface area contributed by atoms with Crippen molar-refractivity contribution in [3.05, 3.63) is 70.2 Å². The lowest BCUT2D eigenvalue weighted by atomic mass is 10.1. The molecule has 4 nitrogen and oxygen atoms in total. The van der Waals surface area contributed by atoms with Crippen molar-refractivity contribution < 1.29 is 9.63 Å². The minimum absolute atomic E-state index is 0.0369. The number of nitrogens with zero attached hydrogens (tertiary/aromatic N) is 2. The topological polar surface area (TPSA) is 41.9 Å². The molecule has 114 valence electrons. The Hall–Kier alpha value is -2.33. The Bertz CT molecular complexity index is 651. The quantitative estimate of drug-likeness (QED) is 0.625. The zero-order valence-corrected chi connectivity index (χ0v) is 13.2. The van der Waals surface area contributed by atoms with E-state index in [1.54, 1.807) is 30.3 Å². The molecule has 2 aromatic carbocycles. The second-order valence-corrected chi connectivity index (χ2v) is 5.26. The number of hydrogen-bond acceptors (Lipinski definition) is 3. The van der Waals surface area contributed by atoms with Gasteiger partial charge in [-0.3, -0.25) is 4.79 Å². The second-order valence-electron chi connectivity index (χ2n) is 4.83. The molecule has 22 heavy (non-hydrogen) atoms. The average Bonchev–Trinajstić information content (AvgIpc) is 2.55. The van der Waals surface area contributed by atoms with Crippen LogP contribution in [0, 0.1) is 0 Å². The smallest absolute Gasteiger partial charge is 0.253 e. The summed E-state index contributed by atoms with van der Waals surface area (Å²) in [7, 11) is 3.26. The zero-order valence-electron chi connectivity index (χ0n) is 12.5. The molecule has 0 aliphatic carbocycles. The summed E-state index contributed by atoms with van der Waals surface area (Å²) >= 11 is 5.86. The second kappa shape index (κ2) is 7.61. The molecule has 0 spiro atoms. The van der Waals surface area contributed by atoms with Crippen LogP contribution in [0.4, 0.5) is 0 Å². The van der Waals surface area contributed by atoms with E-state index < -0.39 is 0 Å². The first-order valence-corrected chi connectivity index (χ1v) is 7.14. The SMILES string of the molecule is CO/N=C/c1ccc(C(=O)N(C)Cc2ccc(Cl)cc2)cc1. The van der Waals surface area contributed by atoms with Gasteiger partial charge in [0.1, 0.15) is 7.11 Å². The van der Waals surface area contributed by atoms with E-state index in [1.807, 2.05) is 36.4 Å². The van der Waals surface area contributed by atoms with Crippen LogP contribution in [-0.2, 0) is 11.4 Å². The standard InChI is InChI=1S/C17H17ClN2O2/c1-20(12-14-5-9-16(18)10-6-14)17(21)15-7-3-13(4-8-15)11-19-22-2/h3-11H,12H2,1-2H3/b19-11+. The Morgan fingerprint density at radius 1 is 1.18 bits per heavy atom. The fourth-order valence-electron chi connectivity index (χ4n) is 1.98. The van der Waals surface area contributed by atoms with E-state index >= 15 is 0 Å². The summed E-state index contributed by atoms with van der Waals surface area (Å²) in [4.78, 5) is 18.7. The lowest BCUT2D eigenvalue weighted by molar-refractivity contribution is 0.0785. The van der Waals surface area contributed by atoms with Crippen LogP contribution in [0.5, 0.6) is 0 Å². The Morgan fingerprint density at radius 3 is 2.41 bits per heavy atom. The first-order valence-electron chi connectivity index (χ1n) is 6.76. The number of carbonyl (C=O) groups is 1. The molecular formula is C17H17ClN2O2. The Morgan fingerprint density at radius 2 is 1.82 bits per heavy atom. The van der Waals surface area contributed by atoms with Crippen LogP contribution in [-0.4, -0.2) is 31.2 Å². The molecule has 0 radical (unpaired) electrons. The zero-order chi connectivity index (χ0) is 15.9. The van der Waals surface area contributed by atoms with Crippen LogP contribution in [0.15, 0.2) is 53.7 Å². The molecule has 1 amide bonds. The molecule has 2 rings (SSSR count). The molecule has 0 aliphatic rings. The van der Waals surface area contributed by atoms with Gasteiger partial charge in [-0.15, -0.1) is 0 Å². The van der Waals surface area contributed by atoms with Gasteiger partial charge in [0.05, 0.1) is 6.21 Å². The highest BCUT2D eigenvalue weighted by atomic mass is 35.5. The highest BCUT2D eigenvalue weighted by molar-refractivity contribution is 6.30. The molecule has 0 saturated carbocycles. The summed E-state index contributed by atoms with van der Waals surface area (Å²) in [5.41, 5.74) is 2.54. The first kappa shape index (κ1) is 16.0. The van der Waals surface area contributed by atoms with E-state index in [-0.39, 0.29) is 5.91 Å². The third-order valence-electron chi connectivity index (χ3n) is 3.14. The molecule has 0 aromatic heterocycles. The van der Waals surface area contributed by atoms with Gasteiger partial charge in [0.15, 0.2) is 0 Å². The van der Waals surface area contributed by atoms with Crippen LogP contribution in [0.2, 0.25) is 5.02 Å². The largest absolute Gasteiger partial charge is 0.399 e. The van der Waals surface area contributed by atoms with Crippen molar-refractivity contribution in [2.24, 2.45) is 5.16 Å². The van der Waals surface area contributed by atoms with E-state index in [9.17, 15) is 4.79 Å². The lowest BCUT2D eigenvalue weighted by Crippen LogP contribution is -2.26.